The van der Waals surface area contributed by atoms with E-state index in [2.05, 4.69) is 9.46 Å². The molecule has 0 saturated heterocycles. The molecular weight excluding hydrogens is 554 g/mol. The van der Waals surface area contributed by atoms with Gasteiger partial charge in [-0.05, 0) is 60.7 Å². The zero-order chi connectivity index (χ0) is 26.5. The fourth-order valence-corrected chi connectivity index (χ4v) is 5.50. The number of hydrogen-bond donors (Lipinski definition) is 3. The highest BCUT2D eigenvalue weighted by atomic mass is 35.5. The molecule has 7 nitrogen and oxygen atoms in total. The van der Waals surface area contributed by atoms with Crippen molar-refractivity contribution in [3.8, 4) is 5.75 Å². The van der Waals surface area contributed by atoms with E-state index in [0.717, 1.165) is 41.3 Å². The molecule has 1 aliphatic rings. The van der Waals surface area contributed by atoms with E-state index in [-0.39, 0.29) is 16.3 Å². The van der Waals surface area contributed by atoms with Crippen LogP contribution in [-0.2, 0) is 14.7 Å². The number of hydrogen-bond acceptors (Lipinski definition) is 5. The number of nitrogens with zero attached hydrogens (tertiary/aromatic N) is 1. The van der Waals surface area contributed by atoms with E-state index in [1.165, 1.54) is 6.26 Å². The van der Waals surface area contributed by atoms with Crippen LogP contribution in [-0.4, -0.2) is 26.3 Å². The van der Waals surface area contributed by atoms with E-state index in [4.69, 9.17) is 32.7 Å². The Labute approximate surface area is 218 Å². The van der Waals surface area contributed by atoms with Gasteiger partial charge in [0.15, 0.2) is 9.92 Å². The van der Waals surface area contributed by atoms with Crippen molar-refractivity contribution in [1.82, 2.24) is 9.29 Å². The Morgan fingerprint density at radius 1 is 0.973 bits per heavy atom. The van der Waals surface area contributed by atoms with Crippen LogP contribution in [0.4, 0.5) is 13.2 Å². The fourth-order valence-electron chi connectivity index (χ4n) is 4.02. The highest BCUT2D eigenvalue weighted by Gasteiger charge is 2.31. The molecule has 5 rings (SSSR count). The van der Waals surface area contributed by atoms with Crippen molar-refractivity contribution in [3.05, 3.63) is 88.9 Å². The standard InChI is InChI=1S/C24H16Cl2F3N3O4S/c25-13-1-7-20-17(9-13)18-10-14(26)2-8-21(18)32(20)22-12-35-11-19(23(22)33)31-37(30,34)16-5-3-15(4-6-16)36-24(27,28)29/h1-12,23,33H,(H2,30,31,34)/t23-,37?/m1/s1. The number of nitrogens with one attached hydrogen (secondary N) is 2. The smallest absolute Gasteiger partial charge is 0.469 e. The first-order valence-electron chi connectivity index (χ1n) is 10.5. The summed E-state index contributed by atoms with van der Waals surface area (Å²) in [7, 11) is -3.81. The summed E-state index contributed by atoms with van der Waals surface area (Å²) in [4.78, 5) is -0.132. The number of aliphatic hydroxyl groups is 1. The highest BCUT2D eigenvalue weighted by molar-refractivity contribution is 7.90. The number of alkyl halides is 3. The van der Waals surface area contributed by atoms with Crippen LogP contribution in [0.15, 0.2) is 83.8 Å². The molecule has 1 aromatic heterocycles. The van der Waals surface area contributed by atoms with Gasteiger partial charge in [0.2, 0.25) is 0 Å². The molecule has 192 valence electrons. The lowest BCUT2D eigenvalue weighted by molar-refractivity contribution is -0.274. The Kier molecular flexibility index (Phi) is 6.27. The summed E-state index contributed by atoms with van der Waals surface area (Å²) >= 11 is 12.4. The lowest BCUT2D eigenvalue weighted by Crippen LogP contribution is -2.32. The normalized spacial score (nSPS) is 17.6. The first-order valence-corrected chi connectivity index (χ1v) is 12.8. The summed E-state index contributed by atoms with van der Waals surface area (Å²) in [6.45, 7) is 0. The van der Waals surface area contributed by atoms with Crippen molar-refractivity contribution in [3.63, 3.8) is 0 Å². The molecule has 0 fully saturated rings. The molecule has 3 aromatic carbocycles. The quantitative estimate of drug-likeness (QED) is 0.251. The molecule has 0 saturated carbocycles. The summed E-state index contributed by atoms with van der Waals surface area (Å²) in [5.74, 6) is -0.525. The maximum absolute atomic E-state index is 13.1. The van der Waals surface area contributed by atoms with E-state index < -0.39 is 28.1 Å². The average molecular weight is 570 g/mol. The van der Waals surface area contributed by atoms with Gasteiger partial charge in [-0.3, -0.25) is 4.72 Å². The minimum absolute atomic E-state index is 0.0916. The molecule has 2 atom stereocenters. The summed E-state index contributed by atoms with van der Waals surface area (Å²) in [6.07, 6.45) is -3.88. The first-order chi connectivity index (χ1) is 17.4. The van der Waals surface area contributed by atoms with Gasteiger partial charge in [-0.15, -0.1) is 13.2 Å². The molecular formula is C24H16Cl2F3N3O4S. The Balaban J connectivity index is 1.47. The third-order valence-corrected chi connectivity index (χ3v) is 7.49. The molecule has 4 aromatic rings. The predicted octanol–water partition coefficient (Wildman–Crippen LogP) is 6.64. The Hall–Kier alpha value is -3.38. The van der Waals surface area contributed by atoms with Crippen molar-refractivity contribution in [2.24, 2.45) is 0 Å². The molecule has 13 heteroatoms. The van der Waals surface area contributed by atoms with Crippen molar-refractivity contribution in [1.29, 1.82) is 4.78 Å². The minimum Gasteiger partial charge on any atom is -0.469 e. The molecule has 0 radical (unpaired) electrons. The molecule has 0 amide bonds. The average Bonchev–Trinajstić information content (AvgIpc) is 3.12. The summed E-state index contributed by atoms with van der Waals surface area (Å²) in [5, 5.41) is 13.8. The molecule has 1 unspecified atom stereocenters. The van der Waals surface area contributed by atoms with Crippen LogP contribution in [0.2, 0.25) is 10.0 Å². The van der Waals surface area contributed by atoms with Crippen molar-refractivity contribution in [2.45, 2.75) is 17.4 Å². The predicted molar refractivity (Wildman–Crippen MR) is 134 cm³/mol. The number of benzene rings is 3. The van der Waals surface area contributed by atoms with Crippen LogP contribution in [0, 0.1) is 4.78 Å². The number of rotatable bonds is 5. The van der Waals surface area contributed by atoms with Crippen LogP contribution in [0.5, 0.6) is 5.75 Å². The maximum atomic E-state index is 13.1. The fraction of sp³-hybridized carbons (Fsp3) is 0.0833. The van der Waals surface area contributed by atoms with Crippen molar-refractivity contribution >= 4 is 60.6 Å². The lowest BCUT2D eigenvalue weighted by Gasteiger charge is -2.25. The third kappa shape index (κ3) is 4.95. The van der Waals surface area contributed by atoms with Crippen molar-refractivity contribution < 1.29 is 32.0 Å². The van der Waals surface area contributed by atoms with Gasteiger partial charge in [-0.25, -0.2) is 8.99 Å². The lowest BCUT2D eigenvalue weighted by atomic mass is 10.1. The van der Waals surface area contributed by atoms with Gasteiger partial charge in [-0.2, -0.15) is 0 Å². The highest BCUT2D eigenvalue weighted by Crippen LogP contribution is 2.37. The van der Waals surface area contributed by atoms with Gasteiger partial charge in [0, 0.05) is 20.8 Å². The Morgan fingerprint density at radius 3 is 2.08 bits per heavy atom. The summed E-state index contributed by atoms with van der Waals surface area (Å²) in [6, 6.07) is 14.5. The van der Waals surface area contributed by atoms with Crippen LogP contribution in [0.1, 0.15) is 0 Å². The second kappa shape index (κ2) is 9.18. The molecule has 37 heavy (non-hydrogen) atoms. The van der Waals surface area contributed by atoms with Gasteiger partial charge in [0.05, 0.1) is 27.3 Å². The number of ether oxygens (including phenoxy) is 2. The Morgan fingerprint density at radius 2 is 1.54 bits per heavy atom. The second-order valence-corrected chi connectivity index (χ2v) is 10.7. The van der Waals surface area contributed by atoms with E-state index >= 15 is 0 Å². The third-order valence-electron chi connectivity index (χ3n) is 5.56. The van der Waals surface area contributed by atoms with Crippen LogP contribution < -0.4 is 9.46 Å². The van der Waals surface area contributed by atoms with E-state index in [0.29, 0.717) is 21.1 Å². The second-order valence-electron chi connectivity index (χ2n) is 7.99. The molecule has 3 N–H and O–H groups in total. The van der Waals surface area contributed by atoms with Gasteiger partial charge in [0.1, 0.15) is 24.4 Å². The number of aromatic nitrogens is 1. The zero-order valence-corrected chi connectivity index (χ0v) is 20.8. The SMILES string of the molecule is N=S(=O)(NC1=COC=C(n2c3ccc(Cl)cc3c3cc(Cl)ccc32)[C@@H]1O)c1ccc(OC(F)(F)F)cc1. The van der Waals surface area contributed by atoms with Gasteiger partial charge < -0.3 is 19.1 Å². The van der Waals surface area contributed by atoms with Crippen molar-refractivity contribution in [2.75, 3.05) is 0 Å². The molecule has 2 heterocycles. The molecule has 1 aliphatic heterocycles. The number of aliphatic hydroxyl groups excluding tert-OH is 1. The zero-order valence-electron chi connectivity index (χ0n) is 18.4. The molecule has 0 spiro atoms. The van der Waals surface area contributed by atoms with Gasteiger partial charge in [-0.1, -0.05) is 23.2 Å². The van der Waals surface area contributed by atoms with Gasteiger partial charge in [0.25, 0.3) is 0 Å². The summed E-state index contributed by atoms with van der Waals surface area (Å²) < 4.78 is 72.1. The maximum Gasteiger partial charge on any atom is 0.573 e. The topological polar surface area (TPSA) is 96.6 Å². The number of halogens is 5. The van der Waals surface area contributed by atoms with E-state index in [1.54, 1.807) is 41.0 Å². The minimum atomic E-state index is -4.89. The Bertz CT molecular complexity index is 1640. The van der Waals surface area contributed by atoms with Gasteiger partial charge >= 0.3 is 6.36 Å². The molecule has 0 aliphatic carbocycles. The largest absolute Gasteiger partial charge is 0.573 e. The summed E-state index contributed by atoms with van der Waals surface area (Å²) in [5.41, 5.74) is 1.53. The number of fused-ring (bicyclic) bond motifs is 3. The van der Waals surface area contributed by atoms with Crippen LogP contribution in [0.25, 0.3) is 27.5 Å². The van der Waals surface area contributed by atoms with E-state index in [9.17, 15) is 22.5 Å². The monoisotopic (exact) mass is 569 g/mol. The van der Waals surface area contributed by atoms with Crippen LogP contribution in [0.3, 0.4) is 0 Å². The first kappa shape index (κ1) is 25.3. The van der Waals surface area contributed by atoms with E-state index in [1.807, 2.05) is 0 Å². The van der Waals surface area contributed by atoms with Crippen LogP contribution >= 0.6 is 23.2 Å². The molecule has 0 bridgehead atoms.